The third kappa shape index (κ3) is 7.06. The van der Waals surface area contributed by atoms with E-state index in [4.69, 9.17) is 0 Å². The molecule has 11 heteroatoms. The van der Waals surface area contributed by atoms with Gasteiger partial charge in [-0.05, 0) is 76.5 Å². The van der Waals surface area contributed by atoms with Crippen LogP contribution in [0, 0.1) is 0 Å². The zero-order chi connectivity index (χ0) is 29.4. The molecule has 0 unspecified atom stereocenters. The minimum atomic E-state index is -0.234. The van der Waals surface area contributed by atoms with Gasteiger partial charge in [-0.1, -0.05) is 17.3 Å². The Kier molecular flexibility index (Phi) is 9.94. The fourth-order valence-electron chi connectivity index (χ4n) is 6.52. The number of nitrogens with one attached hydrogen (secondary N) is 3. The summed E-state index contributed by atoms with van der Waals surface area (Å²) in [5.74, 6) is -0.469. The van der Waals surface area contributed by atoms with E-state index < -0.39 is 0 Å². The van der Waals surface area contributed by atoms with Gasteiger partial charge in [-0.3, -0.25) is 24.1 Å². The van der Waals surface area contributed by atoms with E-state index in [9.17, 15) is 9.59 Å². The number of carbonyl (C=O) groups is 2. The molecule has 2 saturated heterocycles. The van der Waals surface area contributed by atoms with Crippen LogP contribution in [0.3, 0.4) is 0 Å². The predicted octanol–water partition coefficient (Wildman–Crippen LogP) is 2.08. The Morgan fingerprint density at radius 3 is 2.26 bits per heavy atom. The Morgan fingerprint density at radius 1 is 0.698 bits per heavy atom. The monoisotopic (exact) mass is 587 g/mol. The van der Waals surface area contributed by atoms with Gasteiger partial charge in [-0.25, -0.2) is 0 Å². The van der Waals surface area contributed by atoms with Gasteiger partial charge in [-0.2, -0.15) is 0 Å². The molecule has 0 spiro atoms. The molecule has 0 bridgehead atoms. The van der Waals surface area contributed by atoms with Crippen LogP contribution >= 0.6 is 0 Å². The van der Waals surface area contributed by atoms with E-state index in [-0.39, 0.29) is 18.4 Å². The van der Waals surface area contributed by atoms with Gasteiger partial charge in [0.2, 0.25) is 0 Å². The maximum atomic E-state index is 13.6. The normalized spacial score (nSPS) is 20.0. The van der Waals surface area contributed by atoms with Gasteiger partial charge in [0.25, 0.3) is 11.8 Å². The van der Waals surface area contributed by atoms with Crippen molar-refractivity contribution in [2.24, 2.45) is 0 Å². The Balaban J connectivity index is 1.09. The lowest BCUT2D eigenvalue weighted by atomic mass is 9.92. The summed E-state index contributed by atoms with van der Waals surface area (Å²) in [4.78, 5) is 33.4. The summed E-state index contributed by atoms with van der Waals surface area (Å²) in [6, 6.07) is 9.81. The average molecular weight is 588 g/mol. The lowest BCUT2D eigenvalue weighted by molar-refractivity contribution is 0.0603. The maximum Gasteiger partial charge on any atom is 0.261 e. The number of aromatic nitrogens is 3. The van der Waals surface area contributed by atoms with Crippen LogP contribution in [0.5, 0.6) is 0 Å². The van der Waals surface area contributed by atoms with Crippen LogP contribution in [-0.2, 0) is 13.1 Å². The molecule has 11 nitrogen and oxygen atoms in total. The van der Waals surface area contributed by atoms with Crippen LogP contribution in [0.2, 0.25) is 0 Å². The van der Waals surface area contributed by atoms with Gasteiger partial charge < -0.3 is 20.9 Å². The van der Waals surface area contributed by atoms with Crippen molar-refractivity contribution >= 4 is 28.3 Å². The number of imide groups is 1. The van der Waals surface area contributed by atoms with Crippen molar-refractivity contribution in [1.82, 2.24) is 40.7 Å². The number of hydrogen-bond acceptors (Lipinski definition) is 9. The van der Waals surface area contributed by atoms with Crippen LogP contribution in [-0.4, -0.2) is 109 Å². The zero-order valence-corrected chi connectivity index (χ0v) is 25.2. The molecule has 0 saturated carbocycles. The molecule has 0 aliphatic carbocycles. The minimum Gasteiger partial charge on any atom is -0.371 e. The number of piperidine rings is 1. The minimum absolute atomic E-state index is 0.234. The quantitative estimate of drug-likeness (QED) is 0.374. The van der Waals surface area contributed by atoms with Crippen molar-refractivity contribution in [3.05, 3.63) is 53.3 Å². The third-order valence-electron chi connectivity index (χ3n) is 8.81. The molecule has 2 aromatic carbocycles. The largest absolute Gasteiger partial charge is 0.371 e. The van der Waals surface area contributed by atoms with Crippen molar-refractivity contribution in [3.8, 4) is 0 Å². The first kappa shape index (κ1) is 29.7. The Labute approximate surface area is 253 Å². The molecule has 0 radical (unpaired) electrons. The molecule has 6 rings (SSSR count). The number of anilines is 1. The Bertz CT molecular complexity index is 1360. The van der Waals surface area contributed by atoms with Gasteiger partial charge >= 0.3 is 0 Å². The second-order valence-electron chi connectivity index (χ2n) is 11.9. The Hall–Kier alpha value is -3.38. The number of amides is 2. The lowest BCUT2D eigenvalue weighted by Gasteiger charge is -2.32. The van der Waals surface area contributed by atoms with Gasteiger partial charge in [0.1, 0.15) is 0 Å². The number of rotatable bonds is 6. The molecule has 3 aromatic rings. The fraction of sp³-hybridized carbons (Fsp3) is 0.562. The summed E-state index contributed by atoms with van der Waals surface area (Å²) in [7, 11) is 0. The first-order chi connectivity index (χ1) is 21.2. The highest BCUT2D eigenvalue weighted by atomic mass is 16.2. The van der Waals surface area contributed by atoms with E-state index >= 15 is 0 Å². The highest BCUT2D eigenvalue weighted by Crippen LogP contribution is 2.36. The standard InChI is InChI=1S/C32H45N9O2/c42-31-27-8-4-7-26-29(39-18-2-1-3-19-39)10-9-28(30(26)27)32(43)41(31)22-21-40-24-25(36-37-40)23-38-17-6-13-34-15-14-33-11-5-12-35-16-20-38/h4,7-10,24,33-35H,1-3,5-6,11-23H2. The summed E-state index contributed by atoms with van der Waals surface area (Å²) in [6.45, 7) is 11.3. The number of carbonyl (C=O) groups excluding carboxylic acids is 2. The molecule has 3 N–H and O–H groups in total. The van der Waals surface area contributed by atoms with Crippen molar-refractivity contribution in [1.29, 1.82) is 0 Å². The highest BCUT2D eigenvalue weighted by molar-refractivity contribution is 6.26. The summed E-state index contributed by atoms with van der Waals surface area (Å²) >= 11 is 0. The van der Waals surface area contributed by atoms with Crippen LogP contribution in [0.15, 0.2) is 36.5 Å². The molecular formula is C32H45N9O2. The van der Waals surface area contributed by atoms with Crippen molar-refractivity contribution in [2.75, 3.05) is 76.9 Å². The second-order valence-corrected chi connectivity index (χ2v) is 11.9. The topological polar surface area (TPSA) is 111 Å². The molecule has 4 heterocycles. The van der Waals surface area contributed by atoms with Gasteiger partial charge in [0.05, 0.1) is 12.2 Å². The first-order valence-electron chi connectivity index (χ1n) is 16.1. The third-order valence-corrected chi connectivity index (χ3v) is 8.81. The van der Waals surface area contributed by atoms with Crippen LogP contribution in [0.25, 0.3) is 10.8 Å². The molecule has 1 aromatic heterocycles. The highest BCUT2D eigenvalue weighted by Gasteiger charge is 2.33. The van der Waals surface area contributed by atoms with Crippen LogP contribution in [0.1, 0.15) is 58.5 Å². The molecule has 3 aliphatic heterocycles. The molecule has 2 fully saturated rings. The van der Waals surface area contributed by atoms with E-state index in [1.165, 1.54) is 24.2 Å². The average Bonchev–Trinajstić information content (AvgIpc) is 3.48. The summed E-state index contributed by atoms with van der Waals surface area (Å²) < 4.78 is 1.75. The number of hydrogen-bond donors (Lipinski definition) is 3. The van der Waals surface area contributed by atoms with E-state index in [0.717, 1.165) is 107 Å². The molecule has 43 heavy (non-hydrogen) atoms. The van der Waals surface area contributed by atoms with Crippen molar-refractivity contribution in [2.45, 2.75) is 45.2 Å². The van der Waals surface area contributed by atoms with Gasteiger partial charge in [-0.15, -0.1) is 5.10 Å². The van der Waals surface area contributed by atoms with E-state index in [0.29, 0.717) is 17.7 Å². The smallest absolute Gasteiger partial charge is 0.261 e. The first-order valence-corrected chi connectivity index (χ1v) is 16.1. The summed E-state index contributed by atoms with van der Waals surface area (Å²) in [6.07, 6.45) is 7.73. The van der Waals surface area contributed by atoms with Crippen molar-refractivity contribution < 1.29 is 9.59 Å². The van der Waals surface area contributed by atoms with Gasteiger partial charge in [0.15, 0.2) is 0 Å². The van der Waals surface area contributed by atoms with E-state index in [2.05, 4.69) is 42.1 Å². The predicted molar refractivity (Wildman–Crippen MR) is 169 cm³/mol. The maximum absolute atomic E-state index is 13.6. The summed E-state index contributed by atoms with van der Waals surface area (Å²) in [5.41, 5.74) is 3.23. The van der Waals surface area contributed by atoms with Crippen molar-refractivity contribution in [3.63, 3.8) is 0 Å². The fourth-order valence-corrected chi connectivity index (χ4v) is 6.52. The number of benzene rings is 2. The molecule has 3 aliphatic rings. The number of nitrogens with zero attached hydrogens (tertiary/aromatic N) is 6. The molecule has 2 amide bonds. The summed E-state index contributed by atoms with van der Waals surface area (Å²) in [5, 5.41) is 21.1. The second kappa shape index (κ2) is 14.4. The van der Waals surface area contributed by atoms with Crippen LogP contribution in [0.4, 0.5) is 5.69 Å². The SMILES string of the molecule is O=C1c2cccc3c(N4CCCCC4)ccc(c23)C(=O)N1CCn1cc(CN2CCCNCCNCCCNCC2)nn1. The molecule has 230 valence electrons. The van der Waals surface area contributed by atoms with Crippen LogP contribution < -0.4 is 20.9 Å². The van der Waals surface area contributed by atoms with E-state index in [1.54, 1.807) is 4.68 Å². The van der Waals surface area contributed by atoms with Gasteiger partial charge in [0, 0.05) is 86.1 Å². The zero-order valence-electron chi connectivity index (χ0n) is 25.2. The Morgan fingerprint density at radius 2 is 1.44 bits per heavy atom. The molecular weight excluding hydrogens is 542 g/mol. The molecule has 0 atom stereocenters. The lowest BCUT2D eigenvalue weighted by Crippen LogP contribution is -2.42. The van der Waals surface area contributed by atoms with E-state index in [1.807, 2.05) is 30.5 Å².